The van der Waals surface area contributed by atoms with Crippen molar-refractivity contribution in [1.29, 1.82) is 0 Å². The molecule has 1 aromatic heterocycles. The van der Waals surface area contributed by atoms with Gasteiger partial charge in [-0.1, -0.05) is 29.8 Å². The van der Waals surface area contributed by atoms with E-state index in [9.17, 15) is 12.8 Å². The molecule has 0 aliphatic heterocycles. The summed E-state index contributed by atoms with van der Waals surface area (Å²) in [5.41, 5.74) is 3.42. The van der Waals surface area contributed by atoms with Gasteiger partial charge in [0.2, 0.25) is 0 Å². The van der Waals surface area contributed by atoms with Crippen LogP contribution in [-0.2, 0) is 9.84 Å². The minimum atomic E-state index is -3.57. The Kier molecular flexibility index (Phi) is 4.27. The van der Waals surface area contributed by atoms with E-state index in [1.807, 2.05) is 22.9 Å². The van der Waals surface area contributed by atoms with Crippen LogP contribution in [0.15, 0.2) is 58.1 Å². The molecule has 0 bridgehead atoms. The average molecular weight is 367 g/mol. The number of hydrogen-bond donors (Lipinski definition) is 0. The summed E-state index contributed by atoms with van der Waals surface area (Å²) < 4.78 is 37.2. The lowest BCUT2D eigenvalue weighted by Crippen LogP contribution is -2.00. The van der Waals surface area contributed by atoms with Crippen molar-refractivity contribution in [2.24, 2.45) is 0 Å². The van der Waals surface area contributed by atoms with Crippen molar-refractivity contribution in [3.63, 3.8) is 0 Å². The van der Waals surface area contributed by atoms with Crippen LogP contribution in [0.25, 0.3) is 22.3 Å². The number of benzene rings is 2. The molecule has 1 heterocycles. The van der Waals surface area contributed by atoms with Gasteiger partial charge < -0.3 is 0 Å². The first-order chi connectivity index (χ1) is 10.9. The molecular formula is C17H12ClFO2S2. The zero-order chi connectivity index (χ0) is 16.6. The van der Waals surface area contributed by atoms with Crippen LogP contribution in [-0.4, -0.2) is 14.7 Å². The molecule has 2 nitrogen and oxygen atoms in total. The Bertz CT molecular complexity index is 961. The van der Waals surface area contributed by atoms with Gasteiger partial charge in [-0.25, -0.2) is 12.8 Å². The summed E-state index contributed by atoms with van der Waals surface area (Å²) in [5.74, 6) is -0.738. The molecule has 0 saturated heterocycles. The average Bonchev–Trinajstić information content (AvgIpc) is 2.96. The second-order valence-corrected chi connectivity index (χ2v) is 8.29. The minimum absolute atomic E-state index is 0.287. The van der Waals surface area contributed by atoms with Gasteiger partial charge in [-0.2, -0.15) is 11.3 Å². The van der Waals surface area contributed by atoms with Crippen LogP contribution in [0.2, 0.25) is 5.02 Å². The Morgan fingerprint density at radius 2 is 1.52 bits per heavy atom. The number of sulfone groups is 1. The number of thiophene rings is 1. The van der Waals surface area contributed by atoms with E-state index in [0.717, 1.165) is 22.9 Å². The molecule has 0 aliphatic carbocycles. The second kappa shape index (κ2) is 6.07. The molecule has 0 atom stereocenters. The lowest BCUT2D eigenvalue weighted by atomic mass is 9.99. The quantitative estimate of drug-likeness (QED) is 0.632. The van der Waals surface area contributed by atoms with Crippen LogP contribution in [0.3, 0.4) is 0 Å². The van der Waals surface area contributed by atoms with Gasteiger partial charge in [-0.05, 0) is 46.2 Å². The van der Waals surface area contributed by atoms with Crippen molar-refractivity contribution in [2.45, 2.75) is 4.90 Å². The Balaban J connectivity index is 2.09. The molecule has 0 fully saturated rings. The monoisotopic (exact) mass is 366 g/mol. The number of halogens is 2. The normalized spacial score (nSPS) is 11.6. The molecule has 0 saturated carbocycles. The van der Waals surface area contributed by atoms with E-state index < -0.39 is 15.7 Å². The van der Waals surface area contributed by atoms with E-state index in [4.69, 9.17) is 11.6 Å². The van der Waals surface area contributed by atoms with Crippen LogP contribution in [0.5, 0.6) is 0 Å². The summed E-state index contributed by atoms with van der Waals surface area (Å²) >= 11 is 7.41. The van der Waals surface area contributed by atoms with Crippen molar-refractivity contribution >= 4 is 32.8 Å². The highest BCUT2D eigenvalue weighted by molar-refractivity contribution is 7.90. The van der Waals surface area contributed by atoms with Gasteiger partial charge in [0.15, 0.2) is 9.84 Å². The Morgan fingerprint density at radius 1 is 0.957 bits per heavy atom. The molecule has 3 aromatic rings. The molecule has 0 unspecified atom stereocenters. The maximum Gasteiger partial charge on any atom is 0.178 e. The molecule has 0 radical (unpaired) electrons. The standard InChI is InChI=1S/C17H12ClFO2S2/c1-23(20,21)17-7-4-12(8-16(17)19)15-10-22-9-14(15)11-2-5-13(18)6-3-11/h2-10H,1H3. The van der Waals surface area contributed by atoms with Gasteiger partial charge in [0.1, 0.15) is 10.7 Å². The summed E-state index contributed by atoms with van der Waals surface area (Å²) in [6.07, 6.45) is 0.995. The number of rotatable bonds is 3. The van der Waals surface area contributed by atoms with E-state index in [1.54, 1.807) is 18.2 Å². The van der Waals surface area contributed by atoms with Crippen LogP contribution in [0, 0.1) is 5.82 Å². The third kappa shape index (κ3) is 3.32. The molecule has 2 aromatic carbocycles. The first kappa shape index (κ1) is 16.2. The zero-order valence-electron chi connectivity index (χ0n) is 12.1. The van der Waals surface area contributed by atoms with Gasteiger partial charge >= 0.3 is 0 Å². The molecule has 23 heavy (non-hydrogen) atoms. The van der Waals surface area contributed by atoms with Crippen molar-refractivity contribution < 1.29 is 12.8 Å². The zero-order valence-corrected chi connectivity index (χ0v) is 14.5. The molecule has 118 valence electrons. The largest absolute Gasteiger partial charge is 0.224 e. The van der Waals surface area contributed by atoms with Crippen molar-refractivity contribution in [3.8, 4) is 22.3 Å². The first-order valence-corrected chi connectivity index (χ1v) is 9.89. The SMILES string of the molecule is CS(=O)(=O)c1ccc(-c2cscc2-c2ccc(Cl)cc2)cc1F. The highest BCUT2D eigenvalue weighted by Gasteiger charge is 2.16. The number of hydrogen-bond acceptors (Lipinski definition) is 3. The van der Waals surface area contributed by atoms with Crippen molar-refractivity contribution in [1.82, 2.24) is 0 Å². The van der Waals surface area contributed by atoms with Gasteiger partial charge in [0, 0.05) is 22.4 Å². The van der Waals surface area contributed by atoms with E-state index in [-0.39, 0.29) is 4.90 Å². The fraction of sp³-hybridized carbons (Fsp3) is 0.0588. The van der Waals surface area contributed by atoms with Crippen molar-refractivity contribution in [3.05, 3.63) is 64.1 Å². The molecule has 6 heteroatoms. The predicted molar refractivity (Wildman–Crippen MR) is 93.3 cm³/mol. The lowest BCUT2D eigenvalue weighted by Gasteiger charge is -2.07. The van der Waals surface area contributed by atoms with Crippen LogP contribution < -0.4 is 0 Å². The summed E-state index contributed by atoms with van der Waals surface area (Å²) in [6.45, 7) is 0. The van der Waals surface area contributed by atoms with Gasteiger partial charge in [-0.15, -0.1) is 0 Å². The predicted octanol–water partition coefficient (Wildman–Crippen LogP) is 5.28. The molecule has 3 rings (SSSR count). The minimum Gasteiger partial charge on any atom is -0.224 e. The third-order valence-electron chi connectivity index (χ3n) is 3.46. The highest BCUT2D eigenvalue weighted by atomic mass is 35.5. The van der Waals surface area contributed by atoms with E-state index in [0.29, 0.717) is 10.6 Å². The highest BCUT2D eigenvalue weighted by Crippen LogP contribution is 2.36. The van der Waals surface area contributed by atoms with E-state index >= 15 is 0 Å². The van der Waals surface area contributed by atoms with E-state index in [1.165, 1.54) is 23.5 Å². The van der Waals surface area contributed by atoms with Gasteiger partial charge in [-0.3, -0.25) is 0 Å². The van der Waals surface area contributed by atoms with Gasteiger partial charge in [0.25, 0.3) is 0 Å². The van der Waals surface area contributed by atoms with Crippen LogP contribution in [0.1, 0.15) is 0 Å². The summed E-state index contributed by atoms with van der Waals surface area (Å²) in [4.78, 5) is -0.287. The third-order valence-corrected chi connectivity index (χ3v) is 5.59. The smallest absolute Gasteiger partial charge is 0.178 e. The second-order valence-electron chi connectivity index (χ2n) is 5.12. The maximum absolute atomic E-state index is 14.1. The fourth-order valence-corrected chi connectivity index (χ4v) is 4.06. The summed E-state index contributed by atoms with van der Waals surface area (Å²) in [5, 5.41) is 4.54. The molecule has 0 spiro atoms. The molecule has 0 aliphatic rings. The topological polar surface area (TPSA) is 34.1 Å². The molecule has 0 N–H and O–H groups in total. The first-order valence-electron chi connectivity index (χ1n) is 6.68. The van der Waals surface area contributed by atoms with Gasteiger partial charge in [0.05, 0.1) is 0 Å². The van der Waals surface area contributed by atoms with E-state index in [2.05, 4.69) is 0 Å². The van der Waals surface area contributed by atoms with Crippen molar-refractivity contribution in [2.75, 3.05) is 6.26 Å². The fourth-order valence-electron chi connectivity index (χ4n) is 2.34. The van der Waals surface area contributed by atoms with Crippen LogP contribution in [0.4, 0.5) is 4.39 Å². The molecular weight excluding hydrogens is 355 g/mol. The summed E-state index contributed by atoms with van der Waals surface area (Å²) in [6, 6.07) is 11.6. The van der Waals surface area contributed by atoms with Crippen LogP contribution >= 0.6 is 22.9 Å². The summed E-state index contributed by atoms with van der Waals surface area (Å²) in [7, 11) is -3.57. The maximum atomic E-state index is 14.1. The molecule has 0 amide bonds. The Labute approximate surface area is 143 Å². The lowest BCUT2D eigenvalue weighted by molar-refractivity contribution is 0.571. The Morgan fingerprint density at radius 3 is 2.09 bits per heavy atom. The Hall–Kier alpha value is -1.69.